The van der Waals surface area contributed by atoms with Crippen LogP contribution in [0.5, 0.6) is 0 Å². The molecule has 0 spiro atoms. The molecule has 1 unspecified atom stereocenters. The third-order valence-electron chi connectivity index (χ3n) is 3.80. The van der Waals surface area contributed by atoms with Gasteiger partial charge in [0.1, 0.15) is 0 Å². The molecule has 0 radical (unpaired) electrons. The first-order chi connectivity index (χ1) is 8.12. The molecule has 0 aromatic heterocycles. The highest BCUT2D eigenvalue weighted by Crippen LogP contribution is 2.37. The maximum Gasteiger partial charge on any atom is 0.304 e. The summed E-state index contributed by atoms with van der Waals surface area (Å²) in [6.07, 6.45) is 1.34. The average Bonchev–Trinajstić information content (AvgIpc) is 2.60. The molecule has 0 aromatic carbocycles. The van der Waals surface area contributed by atoms with Crippen LogP contribution < -0.4 is 0 Å². The molecule has 0 aliphatic carbocycles. The van der Waals surface area contributed by atoms with Gasteiger partial charge in [0.15, 0.2) is 8.32 Å². The Morgan fingerprint density at radius 2 is 1.94 bits per heavy atom. The Morgan fingerprint density at radius 1 is 1.33 bits per heavy atom. The fourth-order valence-corrected chi connectivity index (χ4v) is 2.62. The first kappa shape index (κ1) is 15.7. The summed E-state index contributed by atoms with van der Waals surface area (Å²) in [6.45, 7) is 13.1. The number of esters is 1. The van der Waals surface area contributed by atoms with Crippen molar-refractivity contribution in [3.8, 4) is 0 Å². The summed E-state index contributed by atoms with van der Waals surface area (Å²) in [7, 11) is -1.71. The number of ether oxygens (including phenoxy) is 2. The highest BCUT2D eigenvalue weighted by molar-refractivity contribution is 6.74. The van der Waals surface area contributed by atoms with Gasteiger partial charge < -0.3 is 13.9 Å². The fraction of sp³-hybridized carbons (Fsp3) is 0.923. The predicted molar refractivity (Wildman–Crippen MR) is 72.8 cm³/mol. The monoisotopic (exact) mass is 274 g/mol. The summed E-state index contributed by atoms with van der Waals surface area (Å²) in [5, 5.41) is 0.209. The summed E-state index contributed by atoms with van der Waals surface area (Å²) >= 11 is 0. The molecular formula is C13H26O4Si. The molecule has 0 bridgehead atoms. The van der Waals surface area contributed by atoms with Crippen LogP contribution in [0.25, 0.3) is 0 Å². The third kappa shape index (κ3) is 4.37. The molecule has 1 rings (SSSR count). The van der Waals surface area contributed by atoms with Crippen molar-refractivity contribution >= 4 is 14.3 Å². The number of carbonyl (C=O) groups is 1. The van der Waals surface area contributed by atoms with Crippen LogP contribution >= 0.6 is 0 Å². The van der Waals surface area contributed by atoms with Crippen LogP contribution in [0.3, 0.4) is 0 Å². The van der Waals surface area contributed by atoms with Crippen LogP contribution in [0.1, 0.15) is 40.5 Å². The van der Waals surface area contributed by atoms with Gasteiger partial charge in [-0.1, -0.05) is 20.8 Å². The van der Waals surface area contributed by atoms with Gasteiger partial charge in [-0.05, 0) is 24.6 Å². The molecule has 4 nitrogen and oxygen atoms in total. The van der Waals surface area contributed by atoms with E-state index in [1.807, 2.05) is 0 Å². The molecule has 1 aliphatic rings. The van der Waals surface area contributed by atoms with E-state index in [2.05, 4.69) is 33.9 Å². The van der Waals surface area contributed by atoms with Crippen molar-refractivity contribution in [1.29, 1.82) is 0 Å². The zero-order chi connectivity index (χ0) is 14.0. The molecule has 0 saturated carbocycles. The van der Waals surface area contributed by atoms with Crippen LogP contribution in [0, 0.1) is 0 Å². The largest absolute Gasteiger partial charge is 0.436 e. The van der Waals surface area contributed by atoms with E-state index in [4.69, 9.17) is 13.9 Å². The van der Waals surface area contributed by atoms with Crippen molar-refractivity contribution < 1.29 is 18.7 Å². The lowest BCUT2D eigenvalue weighted by Crippen LogP contribution is -2.42. The second-order valence-corrected chi connectivity index (χ2v) is 11.3. The Labute approximate surface area is 111 Å². The van der Waals surface area contributed by atoms with Gasteiger partial charge in [0.2, 0.25) is 6.29 Å². The maximum absolute atomic E-state index is 10.8. The third-order valence-corrected chi connectivity index (χ3v) is 8.30. The summed E-state index contributed by atoms with van der Waals surface area (Å²) in [5.74, 6) is -0.286. The number of rotatable bonds is 4. The van der Waals surface area contributed by atoms with Crippen molar-refractivity contribution in [2.24, 2.45) is 0 Å². The second kappa shape index (κ2) is 5.71. The Balaban J connectivity index is 2.36. The normalized spacial score (nSPS) is 25.2. The molecule has 18 heavy (non-hydrogen) atoms. The summed E-state index contributed by atoms with van der Waals surface area (Å²) in [6, 6.07) is 0. The minimum atomic E-state index is -1.71. The van der Waals surface area contributed by atoms with Gasteiger partial charge in [-0.15, -0.1) is 0 Å². The minimum absolute atomic E-state index is 0.0588. The molecule has 1 aliphatic heterocycles. The first-order valence-electron chi connectivity index (χ1n) is 6.58. The molecule has 1 fully saturated rings. The van der Waals surface area contributed by atoms with Gasteiger partial charge in [-0.2, -0.15) is 0 Å². The van der Waals surface area contributed by atoms with Gasteiger partial charge in [-0.25, -0.2) is 0 Å². The van der Waals surface area contributed by atoms with Crippen LogP contribution in [0.4, 0.5) is 0 Å². The van der Waals surface area contributed by atoms with Crippen molar-refractivity contribution in [2.75, 3.05) is 6.61 Å². The van der Waals surface area contributed by atoms with Crippen molar-refractivity contribution in [3.05, 3.63) is 0 Å². The lowest BCUT2D eigenvalue weighted by molar-refractivity contribution is -0.174. The van der Waals surface area contributed by atoms with Crippen LogP contribution in [0.2, 0.25) is 18.1 Å². The molecule has 0 aromatic rings. The Kier molecular flexibility index (Phi) is 4.97. The lowest BCUT2D eigenvalue weighted by atomic mass is 10.2. The average molecular weight is 274 g/mol. The zero-order valence-corrected chi connectivity index (χ0v) is 13.4. The zero-order valence-electron chi connectivity index (χ0n) is 12.4. The van der Waals surface area contributed by atoms with Crippen LogP contribution in [0.15, 0.2) is 0 Å². The van der Waals surface area contributed by atoms with Crippen molar-refractivity contribution in [2.45, 2.75) is 71.1 Å². The van der Waals surface area contributed by atoms with E-state index in [-0.39, 0.29) is 23.4 Å². The van der Waals surface area contributed by atoms with Gasteiger partial charge >= 0.3 is 5.97 Å². The van der Waals surface area contributed by atoms with Gasteiger partial charge in [-0.3, -0.25) is 4.79 Å². The molecular weight excluding hydrogens is 248 g/mol. The standard InChI is InChI=1S/C13H26O4Si/c1-10(14)16-12-8-7-11(17-12)9-15-18(5,6)13(2,3)4/h11-12H,7-9H2,1-6H3/t11-,12?/m1/s1. The maximum atomic E-state index is 10.8. The molecule has 0 N–H and O–H groups in total. The predicted octanol–water partition coefficient (Wildman–Crippen LogP) is 3.08. The molecule has 1 saturated heterocycles. The molecule has 106 valence electrons. The van der Waals surface area contributed by atoms with E-state index < -0.39 is 8.32 Å². The van der Waals surface area contributed by atoms with Gasteiger partial charge in [0.05, 0.1) is 12.7 Å². The first-order valence-corrected chi connectivity index (χ1v) is 9.49. The SMILES string of the molecule is CC(=O)OC1CC[C@H](CO[Si](C)(C)C(C)(C)C)O1. The van der Waals surface area contributed by atoms with E-state index in [0.29, 0.717) is 6.61 Å². The smallest absolute Gasteiger partial charge is 0.304 e. The summed E-state index contributed by atoms with van der Waals surface area (Å²) in [4.78, 5) is 10.8. The lowest BCUT2D eigenvalue weighted by Gasteiger charge is -2.36. The number of carbonyl (C=O) groups excluding carboxylic acids is 1. The molecule has 0 amide bonds. The van der Waals surface area contributed by atoms with E-state index in [1.54, 1.807) is 0 Å². The fourth-order valence-electron chi connectivity index (χ4n) is 1.58. The van der Waals surface area contributed by atoms with E-state index in [9.17, 15) is 4.79 Å². The highest BCUT2D eigenvalue weighted by atomic mass is 28.4. The van der Waals surface area contributed by atoms with Crippen molar-refractivity contribution in [1.82, 2.24) is 0 Å². The summed E-state index contributed by atoms with van der Waals surface area (Å²) in [5.41, 5.74) is 0. The van der Waals surface area contributed by atoms with E-state index in [1.165, 1.54) is 6.92 Å². The minimum Gasteiger partial charge on any atom is -0.436 e. The Hall–Kier alpha value is -0.393. The van der Waals surface area contributed by atoms with Crippen LogP contribution in [-0.4, -0.2) is 33.3 Å². The van der Waals surface area contributed by atoms with E-state index >= 15 is 0 Å². The highest BCUT2D eigenvalue weighted by Gasteiger charge is 2.38. The van der Waals surface area contributed by atoms with Gasteiger partial charge in [0, 0.05) is 13.3 Å². The van der Waals surface area contributed by atoms with E-state index in [0.717, 1.165) is 12.8 Å². The second-order valence-electron chi connectivity index (χ2n) is 6.45. The van der Waals surface area contributed by atoms with Crippen LogP contribution in [-0.2, 0) is 18.7 Å². The van der Waals surface area contributed by atoms with Gasteiger partial charge in [0.25, 0.3) is 0 Å². The topological polar surface area (TPSA) is 44.8 Å². The quantitative estimate of drug-likeness (QED) is 0.584. The molecule has 5 heteroatoms. The number of hydrogen-bond acceptors (Lipinski definition) is 4. The number of hydrogen-bond donors (Lipinski definition) is 0. The Bertz CT molecular complexity index is 296. The Morgan fingerprint density at radius 3 is 2.44 bits per heavy atom. The summed E-state index contributed by atoms with van der Waals surface area (Å²) < 4.78 is 16.8. The molecule has 1 heterocycles. The van der Waals surface area contributed by atoms with Crippen molar-refractivity contribution in [3.63, 3.8) is 0 Å². The molecule has 2 atom stereocenters.